The first-order chi connectivity index (χ1) is 14.6. The lowest BCUT2D eigenvalue weighted by atomic mass is 9.95. The maximum atomic E-state index is 9.73. The van der Waals surface area contributed by atoms with E-state index < -0.39 is 0 Å². The quantitative estimate of drug-likeness (QED) is 0.530. The number of aromatic hydroxyl groups is 1. The van der Waals surface area contributed by atoms with Gasteiger partial charge in [-0.05, 0) is 78.4 Å². The third-order valence-electron chi connectivity index (χ3n) is 5.73. The topological polar surface area (TPSA) is 44.6 Å². The van der Waals surface area contributed by atoms with Crippen LogP contribution in [0.3, 0.4) is 0 Å². The average molecular weight is 419 g/mol. The minimum atomic E-state index is 0.0948. The molecule has 4 rings (SSSR count). The largest absolute Gasteiger partial charge is 0.508 e. The highest BCUT2D eigenvalue weighted by molar-refractivity contribution is 6.31. The molecule has 1 atom stereocenters. The van der Waals surface area contributed by atoms with Crippen LogP contribution in [0.2, 0.25) is 5.02 Å². The molecule has 1 heterocycles. The fourth-order valence-corrected chi connectivity index (χ4v) is 4.22. The molecule has 0 saturated carbocycles. The van der Waals surface area contributed by atoms with Crippen molar-refractivity contribution in [3.63, 3.8) is 0 Å². The zero-order valence-corrected chi connectivity index (χ0v) is 18.2. The van der Waals surface area contributed by atoms with Crippen LogP contribution in [0.5, 0.6) is 5.75 Å². The van der Waals surface area contributed by atoms with E-state index in [0.29, 0.717) is 5.02 Å². The molecular formula is C26H27ClN2O. The Morgan fingerprint density at radius 3 is 2.50 bits per heavy atom. The number of phenolic OH excluding ortho intramolecular Hbond substituents is 1. The summed E-state index contributed by atoms with van der Waals surface area (Å²) in [6, 6.07) is 20.0. The van der Waals surface area contributed by atoms with Gasteiger partial charge in [0.15, 0.2) is 0 Å². The second-order valence-electron chi connectivity index (χ2n) is 7.76. The van der Waals surface area contributed by atoms with Gasteiger partial charge in [-0.3, -0.25) is 4.99 Å². The number of aryl methyl sites for hydroxylation is 2. The number of hydrogen-bond donors (Lipinski definition) is 2. The SMILES string of the molecule is CCc1ccc(CC)c(CC2CNc3ccc(Cl)cc3C(c3ccc(O)cc3)=N2)c1. The van der Waals surface area contributed by atoms with Crippen molar-refractivity contribution in [2.75, 3.05) is 11.9 Å². The van der Waals surface area contributed by atoms with E-state index in [1.54, 1.807) is 12.1 Å². The van der Waals surface area contributed by atoms with Gasteiger partial charge in [0, 0.05) is 28.4 Å². The highest BCUT2D eigenvalue weighted by Crippen LogP contribution is 2.28. The Morgan fingerprint density at radius 2 is 1.77 bits per heavy atom. The van der Waals surface area contributed by atoms with Crippen LogP contribution in [0.4, 0.5) is 5.69 Å². The highest BCUT2D eigenvalue weighted by atomic mass is 35.5. The maximum absolute atomic E-state index is 9.73. The number of nitrogens with one attached hydrogen (secondary N) is 1. The van der Waals surface area contributed by atoms with Gasteiger partial charge in [0.2, 0.25) is 0 Å². The fraction of sp³-hybridized carbons (Fsp3) is 0.269. The van der Waals surface area contributed by atoms with Gasteiger partial charge < -0.3 is 10.4 Å². The summed E-state index contributed by atoms with van der Waals surface area (Å²) < 4.78 is 0. The highest BCUT2D eigenvalue weighted by Gasteiger charge is 2.21. The Labute approximate surface area is 183 Å². The molecule has 0 aliphatic carbocycles. The van der Waals surface area contributed by atoms with Crippen molar-refractivity contribution >= 4 is 23.0 Å². The van der Waals surface area contributed by atoms with Gasteiger partial charge in [-0.1, -0.05) is 43.6 Å². The zero-order chi connectivity index (χ0) is 21.1. The average Bonchev–Trinajstić information content (AvgIpc) is 2.93. The van der Waals surface area contributed by atoms with Crippen LogP contribution in [-0.4, -0.2) is 23.4 Å². The second-order valence-corrected chi connectivity index (χ2v) is 8.20. The van der Waals surface area contributed by atoms with Crippen molar-refractivity contribution in [3.8, 4) is 5.75 Å². The van der Waals surface area contributed by atoms with Crippen LogP contribution < -0.4 is 5.32 Å². The summed E-state index contributed by atoms with van der Waals surface area (Å²) in [6.45, 7) is 5.16. The van der Waals surface area contributed by atoms with E-state index in [1.807, 2.05) is 30.3 Å². The van der Waals surface area contributed by atoms with E-state index in [4.69, 9.17) is 16.6 Å². The molecule has 0 bridgehead atoms. The lowest BCUT2D eigenvalue weighted by Gasteiger charge is -2.16. The fourth-order valence-electron chi connectivity index (χ4n) is 4.05. The van der Waals surface area contributed by atoms with Gasteiger partial charge in [0.05, 0.1) is 11.8 Å². The predicted octanol–water partition coefficient (Wildman–Crippen LogP) is 6.04. The molecule has 0 fully saturated rings. The normalized spacial score (nSPS) is 15.7. The molecule has 3 aromatic carbocycles. The van der Waals surface area contributed by atoms with Crippen LogP contribution in [-0.2, 0) is 19.3 Å². The number of rotatable bonds is 5. The molecular weight excluding hydrogens is 392 g/mol. The van der Waals surface area contributed by atoms with E-state index in [9.17, 15) is 5.11 Å². The number of hydrogen-bond acceptors (Lipinski definition) is 3. The molecule has 1 aliphatic heterocycles. The molecule has 0 saturated heterocycles. The number of benzodiazepines with no additional fused rings is 1. The van der Waals surface area contributed by atoms with Crippen molar-refractivity contribution in [1.29, 1.82) is 0 Å². The second kappa shape index (κ2) is 8.93. The smallest absolute Gasteiger partial charge is 0.115 e. The number of benzene rings is 3. The van der Waals surface area contributed by atoms with Gasteiger partial charge in [-0.2, -0.15) is 0 Å². The molecule has 3 aromatic rings. The van der Waals surface area contributed by atoms with Crippen molar-refractivity contribution in [2.24, 2.45) is 4.99 Å². The predicted molar refractivity (Wildman–Crippen MR) is 126 cm³/mol. The van der Waals surface area contributed by atoms with Gasteiger partial charge >= 0.3 is 0 Å². The summed E-state index contributed by atoms with van der Waals surface area (Å²) >= 11 is 6.32. The number of anilines is 1. The molecule has 1 unspecified atom stereocenters. The number of halogens is 1. The minimum Gasteiger partial charge on any atom is -0.508 e. The number of phenols is 1. The Kier molecular flexibility index (Phi) is 6.10. The third kappa shape index (κ3) is 4.36. The summed E-state index contributed by atoms with van der Waals surface area (Å²) in [6.07, 6.45) is 2.93. The Bertz CT molecular complexity index is 1070. The van der Waals surface area contributed by atoms with Crippen LogP contribution in [0.15, 0.2) is 65.7 Å². The van der Waals surface area contributed by atoms with E-state index in [2.05, 4.69) is 37.4 Å². The first kappa shape index (κ1) is 20.5. The third-order valence-corrected chi connectivity index (χ3v) is 5.97. The lowest BCUT2D eigenvalue weighted by Crippen LogP contribution is -2.20. The Morgan fingerprint density at radius 1 is 0.967 bits per heavy atom. The van der Waals surface area contributed by atoms with Crippen molar-refractivity contribution in [2.45, 2.75) is 39.2 Å². The number of nitrogens with zero attached hydrogens (tertiary/aromatic N) is 1. The van der Waals surface area contributed by atoms with Crippen LogP contribution in [0, 0.1) is 0 Å². The zero-order valence-electron chi connectivity index (χ0n) is 17.5. The Balaban J connectivity index is 1.76. The van der Waals surface area contributed by atoms with Crippen LogP contribution in [0.1, 0.15) is 41.7 Å². The van der Waals surface area contributed by atoms with Gasteiger partial charge in [-0.15, -0.1) is 0 Å². The standard InChI is InChI=1S/C26H27ClN2O/c1-3-17-5-6-18(4-2)20(13-17)14-22-16-28-25-12-9-21(27)15-24(25)26(29-22)19-7-10-23(30)11-8-19/h5-13,15,22,28,30H,3-4,14,16H2,1-2H3. The molecule has 2 N–H and O–H groups in total. The molecule has 0 aromatic heterocycles. The van der Waals surface area contributed by atoms with Crippen molar-refractivity contribution in [3.05, 3.63) is 93.5 Å². The van der Waals surface area contributed by atoms with E-state index in [0.717, 1.165) is 48.3 Å². The van der Waals surface area contributed by atoms with E-state index in [-0.39, 0.29) is 11.8 Å². The number of fused-ring (bicyclic) bond motifs is 1. The molecule has 0 radical (unpaired) electrons. The van der Waals surface area contributed by atoms with Crippen LogP contribution >= 0.6 is 11.6 Å². The molecule has 0 spiro atoms. The molecule has 154 valence electrons. The van der Waals surface area contributed by atoms with E-state index in [1.165, 1.54) is 16.7 Å². The van der Waals surface area contributed by atoms with Gasteiger partial charge in [0.25, 0.3) is 0 Å². The summed E-state index contributed by atoms with van der Waals surface area (Å²) in [4.78, 5) is 5.20. The van der Waals surface area contributed by atoms with Gasteiger partial charge in [0.1, 0.15) is 5.75 Å². The summed E-state index contributed by atoms with van der Waals surface area (Å²) in [5, 5.41) is 14.0. The molecule has 3 nitrogen and oxygen atoms in total. The van der Waals surface area contributed by atoms with Gasteiger partial charge in [-0.25, -0.2) is 0 Å². The van der Waals surface area contributed by atoms with Crippen molar-refractivity contribution in [1.82, 2.24) is 0 Å². The minimum absolute atomic E-state index is 0.0948. The first-order valence-corrected chi connectivity index (χ1v) is 11.0. The first-order valence-electron chi connectivity index (χ1n) is 10.6. The van der Waals surface area contributed by atoms with E-state index >= 15 is 0 Å². The molecule has 4 heteroatoms. The summed E-state index contributed by atoms with van der Waals surface area (Å²) in [5.74, 6) is 0.248. The monoisotopic (exact) mass is 418 g/mol. The summed E-state index contributed by atoms with van der Waals surface area (Å²) in [7, 11) is 0. The van der Waals surface area contributed by atoms with Crippen molar-refractivity contribution < 1.29 is 5.11 Å². The number of aliphatic imine (C=N–C) groups is 1. The van der Waals surface area contributed by atoms with Crippen LogP contribution in [0.25, 0.3) is 0 Å². The molecule has 0 amide bonds. The lowest BCUT2D eigenvalue weighted by molar-refractivity contribution is 0.475. The Hall–Kier alpha value is -2.78. The molecule has 30 heavy (non-hydrogen) atoms. The molecule has 1 aliphatic rings. The summed E-state index contributed by atoms with van der Waals surface area (Å²) in [5.41, 5.74) is 8.04. The maximum Gasteiger partial charge on any atom is 0.115 e.